The largest absolute Gasteiger partial charge is 0.390 e. The SMILES string of the molecule is O=C(NC[C@H](O)CN1CCc2ccccc2C1)N1CCCC(N2CCSCC2)C1.S. The summed E-state index contributed by atoms with van der Waals surface area (Å²) in [5.41, 5.74) is 2.77. The standard InChI is InChI=1S/C22H34N4O2S.H2S/c27-21(17-24-9-7-18-4-1-2-5-19(18)15-24)14-23-22(28)26-8-3-6-20(16-26)25-10-12-29-13-11-25;/h1-2,4-5,20-21,27H,3,6-17H2,(H,23,28);1H2/t20?,21-;/m0./s1. The number of amides is 2. The zero-order valence-electron chi connectivity index (χ0n) is 17.8. The van der Waals surface area contributed by atoms with Gasteiger partial charge in [-0.25, -0.2) is 4.79 Å². The van der Waals surface area contributed by atoms with Crippen LogP contribution in [0.1, 0.15) is 24.0 Å². The van der Waals surface area contributed by atoms with Gasteiger partial charge >= 0.3 is 6.03 Å². The van der Waals surface area contributed by atoms with Gasteiger partial charge in [-0.15, -0.1) is 0 Å². The van der Waals surface area contributed by atoms with Crippen LogP contribution in [0.5, 0.6) is 0 Å². The van der Waals surface area contributed by atoms with Crippen LogP contribution in [0.15, 0.2) is 24.3 Å². The van der Waals surface area contributed by atoms with E-state index in [2.05, 4.69) is 39.4 Å². The van der Waals surface area contributed by atoms with Crippen molar-refractivity contribution in [1.29, 1.82) is 0 Å². The summed E-state index contributed by atoms with van der Waals surface area (Å²) in [4.78, 5) is 19.4. The molecule has 3 heterocycles. The lowest BCUT2D eigenvalue weighted by Crippen LogP contribution is -2.54. The zero-order chi connectivity index (χ0) is 20.1. The number of hydrogen-bond donors (Lipinski definition) is 2. The molecule has 0 aliphatic carbocycles. The average molecular weight is 453 g/mol. The summed E-state index contributed by atoms with van der Waals surface area (Å²) in [6, 6.07) is 9.00. The van der Waals surface area contributed by atoms with Crippen LogP contribution < -0.4 is 5.32 Å². The molecular weight excluding hydrogens is 416 g/mol. The summed E-state index contributed by atoms with van der Waals surface area (Å²) in [5, 5.41) is 13.4. The molecule has 3 aliphatic rings. The molecule has 0 saturated carbocycles. The molecule has 2 saturated heterocycles. The highest BCUT2D eigenvalue weighted by atomic mass is 32.2. The molecule has 1 aromatic rings. The molecule has 0 spiro atoms. The van der Waals surface area contributed by atoms with Gasteiger partial charge in [0, 0.05) is 69.9 Å². The van der Waals surface area contributed by atoms with E-state index in [9.17, 15) is 9.90 Å². The number of aliphatic hydroxyl groups excluding tert-OH is 1. The van der Waals surface area contributed by atoms with E-state index in [1.807, 2.05) is 16.7 Å². The van der Waals surface area contributed by atoms with Gasteiger partial charge in [0.2, 0.25) is 0 Å². The minimum Gasteiger partial charge on any atom is -0.390 e. The molecule has 2 N–H and O–H groups in total. The second kappa shape index (κ2) is 11.6. The monoisotopic (exact) mass is 452 g/mol. The number of urea groups is 1. The first-order valence-electron chi connectivity index (χ1n) is 11.0. The van der Waals surface area contributed by atoms with Crippen molar-refractivity contribution in [2.75, 3.05) is 57.3 Å². The lowest BCUT2D eigenvalue weighted by atomic mass is 10.00. The van der Waals surface area contributed by atoms with Gasteiger partial charge in [-0.3, -0.25) is 9.80 Å². The highest BCUT2D eigenvalue weighted by Gasteiger charge is 2.29. The van der Waals surface area contributed by atoms with Crippen LogP contribution in [0.4, 0.5) is 4.79 Å². The Kier molecular flexibility index (Phi) is 9.19. The Morgan fingerprint density at radius 3 is 2.73 bits per heavy atom. The van der Waals surface area contributed by atoms with Crippen molar-refractivity contribution in [2.24, 2.45) is 0 Å². The predicted molar refractivity (Wildman–Crippen MR) is 129 cm³/mol. The first-order valence-corrected chi connectivity index (χ1v) is 12.2. The van der Waals surface area contributed by atoms with Crippen molar-refractivity contribution in [1.82, 2.24) is 20.0 Å². The van der Waals surface area contributed by atoms with E-state index < -0.39 is 6.10 Å². The van der Waals surface area contributed by atoms with Crippen LogP contribution >= 0.6 is 25.3 Å². The Morgan fingerprint density at radius 1 is 1.17 bits per heavy atom. The van der Waals surface area contributed by atoms with Crippen molar-refractivity contribution >= 4 is 31.3 Å². The topological polar surface area (TPSA) is 59.1 Å². The second-order valence-electron chi connectivity index (χ2n) is 8.48. The van der Waals surface area contributed by atoms with Crippen molar-refractivity contribution < 1.29 is 9.90 Å². The van der Waals surface area contributed by atoms with Gasteiger partial charge in [0.25, 0.3) is 0 Å². The lowest BCUT2D eigenvalue weighted by molar-refractivity contribution is 0.0959. The second-order valence-corrected chi connectivity index (χ2v) is 9.71. The number of carbonyl (C=O) groups is 1. The highest BCUT2D eigenvalue weighted by Crippen LogP contribution is 2.20. The Hall–Kier alpha value is -0.930. The molecule has 2 atom stereocenters. The maximum absolute atomic E-state index is 12.7. The molecule has 1 unspecified atom stereocenters. The number of thioether (sulfide) groups is 1. The Balaban J connectivity index is 0.00000256. The minimum absolute atomic E-state index is 0. The van der Waals surface area contributed by atoms with Crippen LogP contribution in [-0.4, -0.2) is 95.3 Å². The van der Waals surface area contributed by atoms with Crippen molar-refractivity contribution in [3.05, 3.63) is 35.4 Å². The van der Waals surface area contributed by atoms with Crippen LogP contribution in [0, 0.1) is 0 Å². The Bertz CT molecular complexity index is 687. The van der Waals surface area contributed by atoms with E-state index in [0.717, 1.165) is 52.1 Å². The van der Waals surface area contributed by atoms with Gasteiger partial charge in [0.05, 0.1) is 6.10 Å². The normalized spacial score (nSPS) is 23.9. The molecule has 2 fully saturated rings. The van der Waals surface area contributed by atoms with E-state index >= 15 is 0 Å². The first-order chi connectivity index (χ1) is 14.2. The van der Waals surface area contributed by atoms with Crippen molar-refractivity contribution in [3.63, 3.8) is 0 Å². The van der Waals surface area contributed by atoms with E-state index in [1.54, 1.807) is 0 Å². The van der Waals surface area contributed by atoms with Crippen LogP contribution in [0.3, 0.4) is 0 Å². The third kappa shape index (κ3) is 6.29. The smallest absolute Gasteiger partial charge is 0.317 e. The summed E-state index contributed by atoms with van der Waals surface area (Å²) >= 11 is 2.03. The number of piperidine rings is 1. The number of rotatable bonds is 5. The van der Waals surface area contributed by atoms with Crippen molar-refractivity contribution in [3.8, 4) is 0 Å². The summed E-state index contributed by atoms with van der Waals surface area (Å²) in [5.74, 6) is 2.41. The van der Waals surface area contributed by atoms with Gasteiger partial charge in [0.15, 0.2) is 0 Å². The predicted octanol–water partition coefficient (Wildman–Crippen LogP) is 1.74. The van der Waals surface area contributed by atoms with Gasteiger partial charge < -0.3 is 15.3 Å². The van der Waals surface area contributed by atoms with Gasteiger partial charge in [-0.1, -0.05) is 24.3 Å². The van der Waals surface area contributed by atoms with Crippen LogP contribution in [-0.2, 0) is 13.0 Å². The number of likely N-dealkylation sites (tertiary alicyclic amines) is 1. The van der Waals surface area contributed by atoms with Gasteiger partial charge in [0.1, 0.15) is 0 Å². The third-order valence-electron chi connectivity index (χ3n) is 6.41. The number of carbonyl (C=O) groups excluding carboxylic acids is 1. The third-order valence-corrected chi connectivity index (χ3v) is 7.36. The first kappa shape index (κ1) is 23.7. The minimum atomic E-state index is -0.538. The van der Waals surface area contributed by atoms with Crippen LogP contribution in [0.2, 0.25) is 0 Å². The highest BCUT2D eigenvalue weighted by molar-refractivity contribution is 7.99. The molecule has 0 radical (unpaired) electrons. The molecular formula is C22H36N4O2S2. The maximum atomic E-state index is 12.7. The molecule has 0 bridgehead atoms. The fourth-order valence-electron chi connectivity index (χ4n) is 4.77. The van der Waals surface area contributed by atoms with Crippen LogP contribution in [0.25, 0.3) is 0 Å². The molecule has 0 aromatic heterocycles. The number of fused-ring (bicyclic) bond motifs is 1. The Labute approximate surface area is 191 Å². The van der Waals surface area contributed by atoms with E-state index in [0.29, 0.717) is 19.1 Å². The molecule has 3 aliphatic heterocycles. The maximum Gasteiger partial charge on any atom is 0.317 e. The molecule has 1 aromatic carbocycles. The summed E-state index contributed by atoms with van der Waals surface area (Å²) in [6.45, 7) is 6.68. The molecule has 30 heavy (non-hydrogen) atoms. The van der Waals surface area contributed by atoms with E-state index in [1.165, 1.54) is 29.1 Å². The number of β-amino-alcohol motifs (C(OH)–C–C–N with tert-alkyl or cyclic N) is 1. The quantitative estimate of drug-likeness (QED) is 0.713. The number of nitrogens with zero attached hydrogens (tertiary/aromatic N) is 3. The molecule has 2 amide bonds. The average Bonchev–Trinajstić information content (AvgIpc) is 2.78. The van der Waals surface area contributed by atoms with Gasteiger partial charge in [-0.05, 0) is 30.4 Å². The summed E-state index contributed by atoms with van der Waals surface area (Å²) < 4.78 is 0. The Morgan fingerprint density at radius 2 is 1.93 bits per heavy atom. The number of nitrogens with one attached hydrogen (secondary N) is 1. The molecule has 6 nitrogen and oxygen atoms in total. The lowest BCUT2D eigenvalue weighted by Gasteiger charge is -2.40. The zero-order valence-corrected chi connectivity index (χ0v) is 19.6. The summed E-state index contributed by atoms with van der Waals surface area (Å²) in [7, 11) is 0. The molecule has 168 valence electrons. The van der Waals surface area contributed by atoms with Crippen molar-refractivity contribution in [2.45, 2.75) is 38.0 Å². The number of aliphatic hydroxyl groups is 1. The molecule has 8 heteroatoms. The summed E-state index contributed by atoms with van der Waals surface area (Å²) in [6.07, 6.45) is 2.74. The number of hydrogen-bond acceptors (Lipinski definition) is 5. The number of benzene rings is 1. The van der Waals surface area contributed by atoms with E-state index in [-0.39, 0.29) is 19.5 Å². The van der Waals surface area contributed by atoms with E-state index in [4.69, 9.17) is 0 Å². The fraction of sp³-hybridized carbons (Fsp3) is 0.682. The van der Waals surface area contributed by atoms with Gasteiger partial charge in [-0.2, -0.15) is 25.3 Å². The fourth-order valence-corrected chi connectivity index (χ4v) is 5.70. The molecule has 4 rings (SSSR count).